The Morgan fingerprint density at radius 2 is 1.80 bits per heavy atom. The van der Waals surface area contributed by atoms with Gasteiger partial charge < -0.3 is 4.74 Å². The first kappa shape index (κ1) is 14.7. The van der Waals surface area contributed by atoms with Crippen LogP contribution in [0.15, 0.2) is 47.8 Å². The van der Waals surface area contributed by atoms with Crippen LogP contribution in [0.2, 0.25) is 0 Å². The lowest BCUT2D eigenvalue weighted by Crippen LogP contribution is -2.45. The van der Waals surface area contributed by atoms with E-state index in [0.717, 1.165) is 11.3 Å². The van der Waals surface area contributed by atoms with E-state index in [1.807, 2.05) is 0 Å². The molecule has 0 fully saturated rings. The van der Waals surface area contributed by atoms with Crippen LogP contribution in [0.25, 0.3) is 0 Å². The van der Waals surface area contributed by atoms with Gasteiger partial charge in [0.2, 0.25) is 0 Å². The Labute approximate surface area is 117 Å². The summed E-state index contributed by atoms with van der Waals surface area (Å²) in [4.78, 5) is 11.0. The van der Waals surface area contributed by atoms with Gasteiger partial charge in [-0.2, -0.15) is 13.2 Å². The largest absolute Gasteiger partial charge is 0.429 e. The molecule has 6 heteroatoms. The Bertz CT molecular complexity index is 552. The monoisotopic (exact) mass is 300 g/mol. The molecule has 2 nitrogen and oxygen atoms in total. The zero-order valence-corrected chi connectivity index (χ0v) is 11.1. The van der Waals surface area contributed by atoms with Crippen LogP contribution < -0.4 is 0 Å². The molecule has 1 atom stereocenters. The van der Waals surface area contributed by atoms with Crippen LogP contribution in [0.1, 0.15) is 10.4 Å². The molecule has 0 aliphatic rings. The van der Waals surface area contributed by atoms with Crippen molar-refractivity contribution in [2.75, 3.05) is 0 Å². The minimum absolute atomic E-state index is 0.170. The molecule has 1 aromatic heterocycles. The number of hydrogen-bond donors (Lipinski definition) is 0. The Kier molecular flexibility index (Phi) is 4.25. The Balaban J connectivity index is 2.30. The fraction of sp³-hybridized carbons (Fsp3) is 0.214. The average molecular weight is 300 g/mol. The van der Waals surface area contributed by atoms with Gasteiger partial charge in [0.1, 0.15) is 0 Å². The van der Waals surface area contributed by atoms with Gasteiger partial charge in [0, 0.05) is 0 Å². The highest BCUT2D eigenvalue weighted by atomic mass is 32.1. The van der Waals surface area contributed by atoms with Crippen molar-refractivity contribution in [3.05, 3.63) is 58.3 Å². The number of aldehydes is 1. The van der Waals surface area contributed by atoms with Gasteiger partial charge in [-0.15, -0.1) is 11.3 Å². The van der Waals surface area contributed by atoms with E-state index in [-0.39, 0.29) is 17.8 Å². The highest BCUT2D eigenvalue weighted by Gasteiger charge is 2.58. The van der Waals surface area contributed by atoms with Gasteiger partial charge in [0.05, 0.1) is 11.5 Å². The number of hydrogen-bond acceptors (Lipinski definition) is 3. The normalized spacial score (nSPS) is 14.8. The van der Waals surface area contributed by atoms with E-state index in [0.29, 0.717) is 5.56 Å². The van der Waals surface area contributed by atoms with Gasteiger partial charge in [0.15, 0.2) is 6.29 Å². The maximum absolute atomic E-state index is 13.3. The Morgan fingerprint density at radius 1 is 1.10 bits per heavy atom. The molecule has 2 rings (SSSR count). The number of ether oxygens (including phenoxy) is 1. The Morgan fingerprint density at radius 3 is 2.30 bits per heavy atom. The van der Waals surface area contributed by atoms with Crippen LogP contribution in [-0.2, 0) is 21.7 Å². The second kappa shape index (κ2) is 5.76. The summed E-state index contributed by atoms with van der Waals surface area (Å²) in [6.07, 6.45) is -4.99. The molecule has 0 aliphatic heterocycles. The highest BCUT2D eigenvalue weighted by Crippen LogP contribution is 2.43. The molecule has 0 saturated heterocycles. The van der Waals surface area contributed by atoms with E-state index < -0.39 is 11.8 Å². The molecule has 2 aromatic rings. The van der Waals surface area contributed by atoms with Crippen molar-refractivity contribution < 1.29 is 22.7 Å². The number of alkyl halides is 3. The van der Waals surface area contributed by atoms with Gasteiger partial charge in [-0.1, -0.05) is 36.4 Å². The first-order valence-electron chi connectivity index (χ1n) is 5.74. The van der Waals surface area contributed by atoms with E-state index >= 15 is 0 Å². The fourth-order valence-corrected chi connectivity index (χ4v) is 2.57. The fourth-order valence-electron chi connectivity index (χ4n) is 1.71. The van der Waals surface area contributed by atoms with E-state index in [1.165, 1.54) is 17.5 Å². The van der Waals surface area contributed by atoms with Crippen molar-refractivity contribution in [1.82, 2.24) is 0 Å². The third-order valence-electron chi connectivity index (χ3n) is 2.78. The van der Waals surface area contributed by atoms with E-state index in [4.69, 9.17) is 4.74 Å². The second-order valence-electron chi connectivity index (χ2n) is 4.10. The third kappa shape index (κ3) is 2.76. The van der Waals surface area contributed by atoms with Gasteiger partial charge >= 0.3 is 6.18 Å². The summed E-state index contributed by atoms with van der Waals surface area (Å²) in [6.45, 7) is -0.295. The molecule has 0 spiro atoms. The van der Waals surface area contributed by atoms with Crippen LogP contribution in [0.3, 0.4) is 0 Å². The number of benzene rings is 1. The summed E-state index contributed by atoms with van der Waals surface area (Å²) < 4.78 is 44.9. The predicted octanol–water partition coefficient (Wildman–Crippen LogP) is 3.92. The van der Waals surface area contributed by atoms with Gasteiger partial charge in [-0.25, -0.2) is 0 Å². The molecular weight excluding hydrogens is 289 g/mol. The minimum Gasteiger partial charge on any atom is -0.349 e. The van der Waals surface area contributed by atoms with Crippen molar-refractivity contribution in [1.29, 1.82) is 0 Å². The van der Waals surface area contributed by atoms with Crippen molar-refractivity contribution in [2.24, 2.45) is 0 Å². The maximum Gasteiger partial charge on any atom is 0.429 e. The third-order valence-corrected chi connectivity index (χ3v) is 3.77. The highest BCUT2D eigenvalue weighted by molar-refractivity contribution is 7.10. The number of carbonyl (C=O) groups excluding carboxylic acids is 1. The average Bonchev–Trinajstić information content (AvgIpc) is 2.94. The quantitative estimate of drug-likeness (QED) is 0.782. The van der Waals surface area contributed by atoms with E-state index in [1.54, 1.807) is 30.3 Å². The van der Waals surface area contributed by atoms with Crippen LogP contribution in [0.5, 0.6) is 0 Å². The summed E-state index contributed by atoms with van der Waals surface area (Å²) >= 11 is 0.840. The lowest BCUT2D eigenvalue weighted by atomic mass is 10.0. The van der Waals surface area contributed by atoms with Crippen LogP contribution in [0, 0.1) is 0 Å². The van der Waals surface area contributed by atoms with Crippen LogP contribution >= 0.6 is 11.3 Å². The lowest BCUT2D eigenvalue weighted by Gasteiger charge is -2.29. The van der Waals surface area contributed by atoms with Crippen LogP contribution in [0.4, 0.5) is 13.2 Å². The van der Waals surface area contributed by atoms with Crippen molar-refractivity contribution >= 4 is 17.6 Å². The summed E-state index contributed by atoms with van der Waals surface area (Å²) in [5.74, 6) is 0. The van der Waals surface area contributed by atoms with Gasteiger partial charge in [0.25, 0.3) is 5.60 Å². The first-order chi connectivity index (χ1) is 9.49. The molecule has 20 heavy (non-hydrogen) atoms. The smallest absolute Gasteiger partial charge is 0.349 e. The standard InChI is InChI=1S/C14H11F3O2S/c15-14(16,17)13(10-18,12-7-4-8-20-12)19-9-11-5-2-1-3-6-11/h1-8,10H,9H2/t13-/m0/s1. The van der Waals surface area contributed by atoms with Crippen molar-refractivity contribution in [2.45, 2.75) is 18.4 Å². The number of thiophene rings is 1. The van der Waals surface area contributed by atoms with Crippen molar-refractivity contribution in [3.8, 4) is 0 Å². The minimum atomic E-state index is -4.81. The summed E-state index contributed by atoms with van der Waals surface area (Å²) in [5, 5.41) is 1.48. The topological polar surface area (TPSA) is 26.3 Å². The second-order valence-corrected chi connectivity index (χ2v) is 5.05. The number of rotatable bonds is 5. The van der Waals surface area contributed by atoms with E-state index in [9.17, 15) is 18.0 Å². The molecule has 1 heterocycles. The first-order valence-corrected chi connectivity index (χ1v) is 6.62. The molecule has 0 unspecified atom stereocenters. The number of halogens is 3. The summed E-state index contributed by atoms with van der Waals surface area (Å²) in [7, 11) is 0. The molecule has 0 saturated carbocycles. The maximum atomic E-state index is 13.3. The molecular formula is C14H11F3O2S. The summed E-state index contributed by atoms with van der Waals surface area (Å²) in [5.41, 5.74) is -2.34. The number of carbonyl (C=O) groups is 1. The Hall–Kier alpha value is -1.66. The lowest BCUT2D eigenvalue weighted by molar-refractivity contribution is -0.268. The molecule has 0 amide bonds. The molecule has 0 aliphatic carbocycles. The van der Waals surface area contributed by atoms with Gasteiger partial charge in [-0.05, 0) is 17.0 Å². The molecule has 0 N–H and O–H groups in total. The zero-order chi connectivity index (χ0) is 14.6. The van der Waals surface area contributed by atoms with Crippen LogP contribution in [-0.4, -0.2) is 12.5 Å². The SMILES string of the molecule is O=C[C@](OCc1ccccc1)(c1cccs1)C(F)(F)F. The summed E-state index contributed by atoms with van der Waals surface area (Å²) in [6, 6.07) is 11.1. The molecule has 0 bridgehead atoms. The molecule has 1 aromatic carbocycles. The van der Waals surface area contributed by atoms with E-state index in [2.05, 4.69) is 0 Å². The zero-order valence-electron chi connectivity index (χ0n) is 10.3. The predicted molar refractivity (Wildman–Crippen MR) is 69.3 cm³/mol. The molecule has 0 radical (unpaired) electrons. The van der Waals surface area contributed by atoms with Gasteiger partial charge in [-0.3, -0.25) is 4.79 Å². The van der Waals surface area contributed by atoms with Crippen molar-refractivity contribution in [3.63, 3.8) is 0 Å². The molecule has 106 valence electrons.